The van der Waals surface area contributed by atoms with Gasteiger partial charge in [0.15, 0.2) is 0 Å². The summed E-state index contributed by atoms with van der Waals surface area (Å²) in [5, 5.41) is 0.255. The summed E-state index contributed by atoms with van der Waals surface area (Å²) in [6.45, 7) is 0. The van der Waals surface area contributed by atoms with E-state index in [1.165, 1.54) is 13.4 Å². The van der Waals surface area contributed by atoms with Crippen LogP contribution in [0.4, 0.5) is 5.82 Å². The molecule has 0 radical (unpaired) electrons. The molecule has 0 bridgehead atoms. The number of aromatic nitrogens is 2. The highest BCUT2D eigenvalue weighted by molar-refractivity contribution is 6.33. The van der Waals surface area contributed by atoms with Crippen molar-refractivity contribution in [1.29, 1.82) is 0 Å². The lowest BCUT2D eigenvalue weighted by Crippen LogP contribution is -1.95. The van der Waals surface area contributed by atoms with Gasteiger partial charge in [-0.1, -0.05) is 11.6 Å². The van der Waals surface area contributed by atoms with Crippen LogP contribution in [0, 0.1) is 0 Å². The maximum Gasteiger partial charge on any atom is 0.237 e. The van der Waals surface area contributed by atoms with Crippen molar-refractivity contribution in [2.75, 3.05) is 12.8 Å². The van der Waals surface area contributed by atoms with Gasteiger partial charge >= 0.3 is 0 Å². The Hall–Kier alpha value is -1.03. The summed E-state index contributed by atoms with van der Waals surface area (Å²) in [7, 11) is 1.47. The molecular weight excluding hydrogens is 154 g/mol. The SMILES string of the molecule is COc1ncnc(N)c1Cl. The molecule has 1 aromatic heterocycles. The van der Waals surface area contributed by atoms with Gasteiger partial charge in [-0.15, -0.1) is 0 Å². The fraction of sp³-hybridized carbons (Fsp3) is 0.200. The highest BCUT2D eigenvalue weighted by Crippen LogP contribution is 2.24. The lowest BCUT2D eigenvalue weighted by atomic mass is 10.6. The van der Waals surface area contributed by atoms with Gasteiger partial charge in [0.05, 0.1) is 7.11 Å². The molecule has 0 spiro atoms. The summed E-state index contributed by atoms with van der Waals surface area (Å²) in [5.41, 5.74) is 5.33. The summed E-state index contributed by atoms with van der Waals surface area (Å²) < 4.78 is 4.76. The number of nitrogen functional groups attached to an aromatic ring is 1. The largest absolute Gasteiger partial charge is 0.480 e. The molecule has 54 valence electrons. The van der Waals surface area contributed by atoms with E-state index in [1.54, 1.807) is 0 Å². The fourth-order valence-electron chi connectivity index (χ4n) is 0.509. The monoisotopic (exact) mass is 159 g/mol. The Balaban J connectivity index is 3.14. The van der Waals surface area contributed by atoms with Crippen molar-refractivity contribution in [3.63, 3.8) is 0 Å². The van der Waals surface area contributed by atoms with Gasteiger partial charge in [0.2, 0.25) is 5.88 Å². The second-order valence-corrected chi connectivity index (χ2v) is 1.96. The minimum Gasteiger partial charge on any atom is -0.480 e. The molecule has 1 heterocycles. The lowest BCUT2D eigenvalue weighted by Gasteiger charge is -2.00. The third-order valence-corrected chi connectivity index (χ3v) is 1.33. The normalized spacial score (nSPS) is 9.40. The van der Waals surface area contributed by atoms with Gasteiger partial charge in [0.1, 0.15) is 17.2 Å². The molecule has 0 aromatic carbocycles. The van der Waals surface area contributed by atoms with Crippen molar-refractivity contribution in [2.24, 2.45) is 0 Å². The van der Waals surface area contributed by atoms with Gasteiger partial charge in [0.25, 0.3) is 0 Å². The molecule has 5 heteroatoms. The molecule has 0 atom stereocenters. The van der Waals surface area contributed by atoms with Crippen molar-refractivity contribution in [3.8, 4) is 5.88 Å². The van der Waals surface area contributed by atoms with Crippen LogP contribution in [0.5, 0.6) is 5.88 Å². The van der Waals surface area contributed by atoms with Gasteiger partial charge in [0, 0.05) is 0 Å². The third kappa shape index (κ3) is 1.11. The van der Waals surface area contributed by atoms with Crippen molar-refractivity contribution in [3.05, 3.63) is 11.3 Å². The zero-order valence-electron chi connectivity index (χ0n) is 5.34. The van der Waals surface area contributed by atoms with Crippen LogP contribution in [-0.4, -0.2) is 17.1 Å². The standard InChI is InChI=1S/C5H6ClN3O/c1-10-5-3(6)4(7)8-2-9-5/h2H,1H3,(H2,7,8,9). The number of hydrogen-bond acceptors (Lipinski definition) is 4. The molecule has 4 nitrogen and oxygen atoms in total. The number of halogens is 1. The number of nitrogens with zero attached hydrogens (tertiary/aromatic N) is 2. The molecule has 2 N–H and O–H groups in total. The Morgan fingerprint density at radius 3 is 2.80 bits per heavy atom. The number of anilines is 1. The first-order chi connectivity index (χ1) is 4.75. The molecule has 0 saturated carbocycles. The predicted molar refractivity (Wildman–Crippen MR) is 38.0 cm³/mol. The Labute approximate surface area is 63.0 Å². The average Bonchev–Trinajstić information content (AvgIpc) is 1.95. The van der Waals surface area contributed by atoms with E-state index in [-0.39, 0.29) is 10.8 Å². The maximum atomic E-state index is 5.62. The minimum absolute atomic E-state index is 0.230. The Morgan fingerprint density at radius 2 is 2.30 bits per heavy atom. The number of rotatable bonds is 1. The molecule has 10 heavy (non-hydrogen) atoms. The second kappa shape index (κ2) is 2.70. The van der Waals surface area contributed by atoms with Crippen molar-refractivity contribution in [2.45, 2.75) is 0 Å². The first-order valence-electron chi connectivity index (χ1n) is 2.55. The van der Waals surface area contributed by atoms with E-state index in [4.69, 9.17) is 22.1 Å². The summed E-state index contributed by atoms with van der Waals surface area (Å²) in [4.78, 5) is 7.35. The number of ether oxygens (including phenoxy) is 1. The van der Waals surface area contributed by atoms with E-state index in [0.717, 1.165) is 0 Å². The lowest BCUT2D eigenvalue weighted by molar-refractivity contribution is 0.397. The predicted octanol–water partition coefficient (Wildman–Crippen LogP) is 0.721. The van der Waals surface area contributed by atoms with Gasteiger partial charge < -0.3 is 10.5 Å². The first-order valence-corrected chi connectivity index (χ1v) is 2.93. The summed E-state index contributed by atoms with van der Waals surface area (Å²) in [6, 6.07) is 0. The Morgan fingerprint density at radius 1 is 1.60 bits per heavy atom. The molecule has 0 unspecified atom stereocenters. The van der Waals surface area contributed by atoms with E-state index in [0.29, 0.717) is 5.88 Å². The maximum absolute atomic E-state index is 5.62. The van der Waals surface area contributed by atoms with Crippen molar-refractivity contribution >= 4 is 17.4 Å². The van der Waals surface area contributed by atoms with Gasteiger partial charge in [-0.2, -0.15) is 0 Å². The van der Waals surface area contributed by atoms with Crippen molar-refractivity contribution in [1.82, 2.24) is 9.97 Å². The molecule has 1 aromatic rings. The summed E-state index contributed by atoms with van der Waals surface area (Å²) in [5.74, 6) is 0.530. The molecule has 0 aliphatic rings. The Bertz CT molecular complexity index is 240. The van der Waals surface area contributed by atoms with Crippen LogP contribution in [0.3, 0.4) is 0 Å². The zero-order valence-corrected chi connectivity index (χ0v) is 6.09. The molecule has 0 fully saturated rings. The fourth-order valence-corrected chi connectivity index (χ4v) is 0.683. The Kier molecular flexibility index (Phi) is 1.91. The topological polar surface area (TPSA) is 61.0 Å². The minimum atomic E-state index is 0.230. The van der Waals surface area contributed by atoms with Gasteiger partial charge in [-0.25, -0.2) is 9.97 Å². The van der Waals surface area contributed by atoms with Crippen LogP contribution in [-0.2, 0) is 0 Å². The smallest absolute Gasteiger partial charge is 0.237 e. The van der Waals surface area contributed by atoms with E-state index in [9.17, 15) is 0 Å². The first kappa shape index (κ1) is 7.08. The van der Waals surface area contributed by atoms with Gasteiger partial charge in [-0.05, 0) is 0 Å². The second-order valence-electron chi connectivity index (χ2n) is 1.58. The van der Waals surface area contributed by atoms with Crippen LogP contribution in [0.15, 0.2) is 6.33 Å². The molecule has 0 saturated heterocycles. The number of hydrogen-bond donors (Lipinski definition) is 1. The number of nitrogens with two attached hydrogens (primary N) is 1. The quantitative estimate of drug-likeness (QED) is 0.656. The van der Waals surface area contributed by atoms with Gasteiger partial charge in [-0.3, -0.25) is 0 Å². The average molecular weight is 160 g/mol. The van der Waals surface area contributed by atoms with Crippen LogP contribution < -0.4 is 10.5 Å². The molecule has 0 aliphatic heterocycles. The molecule has 0 amide bonds. The molecule has 1 rings (SSSR count). The van der Waals surface area contributed by atoms with Crippen LogP contribution >= 0.6 is 11.6 Å². The number of methoxy groups -OCH3 is 1. The highest BCUT2D eigenvalue weighted by Gasteiger charge is 2.04. The molecule has 0 aliphatic carbocycles. The van der Waals surface area contributed by atoms with Crippen molar-refractivity contribution < 1.29 is 4.74 Å². The van der Waals surface area contributed by atoms with E-state index >= 15 is 0 Å². The van der Waals surface area contributed by atoms with Crippen LogP contribution in [0.2, 0.25) is 5.02 Å². The zero-order chi connectivity index (χ0) is 7.56. The summed E-state index contributed by atoms with van der Waals surface area (Å²) >= 11 is 5.62. The van der Waals surface area contributed by atoms with Crippen LogP contribution in [0.25, 0.3) is 0 Å². The van der Waals surface area contributed by atoms with E-state index < -0.39 is 0 Å². The third-order valence-electron chi connectivity index (χ3n) is 0.978. The highest BCUT2D eigenvalue weighted by atomic mass is 35.5. The van der Waals surface area contributed by atoms with E-state index in [2.05, 4.69) is 9.97 Å². The molecular formula is C5H6ClN3O. The summed E-state index contributed by atoms with van der Waals surface area (Å²) in [6.07, 6.45) is 1.29. The van der Waals surface area contributed by atoms with Crippen LogP contribution in [0.1, 0.15) is 0 Å². The van der Waals surface area contributed by atoms with E-state index in [1.807, 2.05) is 0 Å².